The second kappa shape index (κ2) is 6.29. The number of nitro benzene ring substituents is 1. The van der Waals surface area contributed by atoms with Crippen molar-refractivity contribution in [3.05, 3.63) is 81.4 Å². The summed E-state index contributed by atoms with van der Waals surface area (Å²) in [6.45, 7) is 0. The Kier molecular flexibility index (Phi) is 3.95. The number of fused-ring (bicyclic) bond motifs is 3. The Balaban J connectivity index is 1.75. The Hall–Kier alpha value is -3.15. The number of nitrogens with one attached hydrogen (secondary N) is 1. The number of allylic oxidation sites excluding steroid dienone is 2. The summed E-state index contributed by atoms with van der Waals surface area (Å²) < 4.78 is 4.74. The van der Waals surface area contributed by atoms with Crippen molar-refractivity contribution in [1.82, 2.24) is 0 Å². The molecule has 0 aromatic heterocycles. The first-order valence-electron chi connectivity index (χ1n) is 8.49. The molecule has 0 radical (unpaired) electrons. The predicted molar refractivity (Wildman–Crippen MR) is 97.2 cm³/mol. The molecule has 0 fully saturated rings. The van der Waals surface area contributed by atoms with Crippen molar-refractivity contribution in [3.8, 4) is 0 Å². The molecule has 2 aliphatic rings. The van der Waals surface area contributed by atoms with Gasteiger partial charge in [-0.25, -0.2) is 4.79 Å². The van der Waals surface area contributed by atoms with Crippen LogP contribution in [-0.4, -0.2) is 18.0 Å². The first-order chi connectivity index (χ1) is 12.6. The van der Waals surface area contributed by atoms with Gasteiger partial charge < -0.3 is 10.1 Å². The number of nitro groups is 1. The minimum absolute atomic E-state index is 0.0599. The number of carbonyl (C=O) groups excluding carboxylic acids is 1. The number of para-hydroxylation sites is 1. The van der Waals surface area contributed by atoms with Crippen LogP contribution < -0.4 is 5.32 Å². The number of hydrogen-bond acceptors (Lipinski definition) is 5. The maximum atomic E-state index is 11.6. The smallest absolute Gasteiger partial charge is 0.337 e. The summed E-state index contributed by atoms with van der Waals surface area (Å²) in [7, 11) is 1.35. The first-order valence-corrected chi connectivity index (χ1v) is 8.49. The molecule has 4 rings (SSSR count). The zero-order valence-corrected chi connectivity index (χ0v) is 14.2. The van der Waals surface area contributed by atoms with E-state index >= 15 is 0 Å². The molecule has 1 heterocycles. The van der Waals surface area contributed by atoms with Gasteiger partial charge in [-0.05, 0) is 35.6 Å². The fraction of sp³-hybridized carbons (Fsp3) is 0.250. The number of hydrogen-bond donors (Lipinski definition) is 1. The van der Waals surface area contributed by atoms with Crippen LogP contribution in [0.15, 0.2) is 54.6 Å². The Morgan fingerprint density at radius 1 is 1.23 bits per heavy atom. The number of anilines is 1. The molecule has 1 aliphatic heterocycles. The Morgan fingerprint density at radius 2 is 2.00 bits per heavy atom. The summed E-state index contributed by atoms with van der Waals surface area (Å²) in [5.74, 6) is 0.0551. The molecule has 1 aliphatic carbocycles. The van der Waals surface area contributed by atoms with Gasteiger partial charge in [0.2, 0.25) is 0 Å². The van der Waals surface area contributed by atoms with E-state index in [1.807, 2.05) is 18.2 Å². The van der Waals surface area contributed by atoms with Gasteiger partial charge in [0.25, 0.3) is 5.69 Å². The lowest BCUT2D eigenvalue weighted by Gasteiger charge is -2.37. The minimum Gasteiger partial charge on any atom is -0.465 e. The molecular weight excluding hydrogens is 332 g/mol. The van der Waals surface area contributed by atoms with Gasteiger partial charge in [0.1, 0.15) is 5.69 Å². The molecule has 26 heavy (non-hydrogen) atoms. The van der Waals surface area contributed by atoms with Gasteiger partial charge in [0.15, 0.2) is 0 Å². The van der Waals surface area contributed by atoms with Crippen molar-refractivity contribution in [3.63, 3.8) is 0 Å². The van der Waals surface area contributed by atoms with E-state index in [-0.39, 0.29) is 34.5 Å². The Labute approximate surface area is 150 Å². The van der Waals surface area contributed by atoms with Crippen molar-refractivity contribution in [2.75, 3.05) is 12.4 Å². The highest BCUT2D eigenvalue weighted by Crippen LogP contribution is 2.51. The SMILES string of the molecule is COC(=O)c1ccc([C@H]2Nc3c(cccc3[N+](=O)[O-])[C@@H]3C=CC[C@@H]23)cc1. The van der Waals surface area contributed by atoms with Gasteiger partial charge in [0, 0.05) is 12.0 Å². The van der Waals surface area contributed by atoms with Crippen LogP contribution in [0.3, 0.4) is 0 Å². The lowest BCUT2D eigenvalue weighted by molar-refractivity contribution is -0.384. The van der Waals surface area contributed by atoms with Crippen LogP contribution in [0.5, 0.6) is 0 Å². The zero-order chi connectivity index (χ0) is 18.3. The van der Waals surface area contributed by atoms with Gasteiger partial charge in [-0.3, -0.25) is 10.1 Å². The Bertz CT molecular complexity index is 905. The van der Waals surface area contributed by atoms with E-state index in [2.05, 4.69) is 17.5 Å². The molecule has 0 bridgehead atoms. The lowest BCUT2D eigenvalue weighted by Crippen LogP contribution is -2.29. The number of methoxy groups -OCH3 is 1. The highest BCUT2D eigenvalue weighted by molar-refractivity contribution is 5.89. The van der Waals surface area contributed by atoms with Gasteiger partial charge in [0.05, 0.1) is 23.6 Å². The van der Waals surface area contributed by atoms with Crippen LogP contribution in [0.25, 0.3) is 0 Å². The average molecular weight is 350 g/mol. The van der Waals surface area contributed by atoms with E-state index < -0.39 is 0 Å². The molecular formula is C20H18N2O4. The molecule has 2 aromatic carbocycles. The van der Waals surface area contributed by atoms with Gasteiger partial charge in [-0.15, -0.1) is 0 Å². The summed E-state index contributed by atoms with van der Waals surface area (Å²) >= 11 is 0. The van der Waals surface area contributed by atoms with E-state index in [0.29, 0.717) is 11.3 Å². The third-order valence-corrected chi connectivity index (χ3v) is 5.26. The van der Waals surface area contributed by atoms with Crippen molar-refractivity contribution in [1.29, 1.82) is 0 Å². The van der Waals surface area contributed by atoms with Crippen molar-refractivity contribution in [2.45, 2.75) is 18.4 Å². The molecule has 3 atom stereocenters. The summed E-state index contributed by atoms with van der Waals surface area (Å²) in [4.78, 5) is 22.8. The van der Waals surface area contributed by atoms with E-state index in [1.54, 1.807) is 18.2 Å². The number of ether oxygens (including phenoxy) is 1. The van der Waals surface area contributed by atoms with E-state index in [1.165, 1.54) is 13.2 Å². The molecule has 0 unspecified atom stereocenters. The molecule has 0 saturated carbocycles. The van der Waals surface area contributed by atoms with Crippen LogP contribution in [-0.2, 0) is 4.74 Å². The molecule has 6 nitrogen and oxygen atoms in total. The second-order valence-electron chi connectivity index (χ2n) is 6.59. The number of carbonyl (C=O) groups is 1. The van der Waals surface area contributed by atoms with Crippen LogP contribution >= 0.6 is 0 Å². The molecule has 0 spiro atoms. The molecule has 132 valence electrons. The van der Waals surface area contributed by atoms with E-state index in [9.17, 15) is 14.9 Å². The van der Waals surface area contributed by atoms with Crippen LogP contribution in [0, 0.1) is 16.0 Å². The molecule has 0 amide bonds. The number of esters is 1. The number of benzene rings is 2. The highest BCUT2D eigenvalue weighted by Gasteiger charge is 2.40. The second-order valence-corrected chi connectivity index (χ2v) is 6.59. The lowest BCUT2D eigenvalue weighted by atomic mass is 9.76. The van der Waals surface area contributed by atoms with Crippen LogP contribution in [0.2, 0.25) is 0 Å². The molecule has 1 N–H and O–H groups in total. The third kappa shape index (κ3) is 2.54. The number of nitrogens with zero attached hydrogens (tertiary/aromatic N) is 1. The minimum atomic E-state index is -0.380. The van der Waals surface area contributed by atoms with Crippen LogP contribution in [0.1, 0.15) is 39.9 Å². The topological polar surface area (TPSA) is 81.5 Å². The highest BCUT2D eigenvalue weighted by atomic mass is 16.6. The third-order valence-electron chi connectivity index (χ3n) is 5.26. The maximum absolute atomic E-state index is 11.6. The maximum Gasteiger partial charge on any atom is 0.337 e. The van der Waals surface area contributed by atoms with Crippen molar-refractivity contribution >= 4 is 17.3 Å². The van der Waals surface area contributed by atoms with Gasteiger partial charge >= 0.3 is 5.97 Å². The fourth-order valence-electron chi connectivity index (χ4n) is 4.03. The predicted octanol–water partition coefficient (Wildman–Crippen LogP) is 4.21. The normalized spacial score (nSPS) is 22.9. The van der Waals surface area contributed by atoms with Crippen LogP contribution in [0.4, 0.5) is 11.4 Å². The van der Waals surface area contributed by atoms with Gasteiger partial charge in [-0.1, -0.05) is 36.4 Å². The average Bonchev–Trinajstić information content (AvgIpc) is 3.16. The van der Waals surface area contributed by atoms with Gasteiger partial charge in [-0.2, -0.15) is 0 Å². The van der Waals surface area contributed by atoms with Crippen molar-refractivity contribution in [2.24, 2.45) is 5.92 Å². The molecule has 0 saturated heterocycles. The largest absolute Gasteiger partial charge is 0.465 e. The molecule has 2 aromatic rings. The number of rotatable bonds is 3. The Morgan fingerprint density at radius 3 is 2.69 bits per heavy atom. The summed E-state index contributed by atoms with van der Waals surface area (Å²) in [6.07, 6.45) is 5.19. The quantitative estimate of drug-likeness (QED) is 0.388. The standard InChI is InChI=1S/C20H18N2O4/c1-26-20(23)13-10-8-12(9-11-13)18-15-5-2-4-14(15)16-6-3-7-17(22(24)25)19(16)21-18/h2-4,6-11,14-15,18,21H,5H2,1H3/t14-,15-,18-/m1/s1. The summed E-state index contributed by atoms with van der Waals surface area (Å²) in [5.41, 5.74) is 3.14. The fourth-order valence-corrected chi connectivity index (χ4v) is 4.03. The van der Waals surface area contributed by atoms with Crippen molar-refractivity contribution < 1.29 is 14.5 Å². The molecule has 6 heteroatoms. The summed E-state index contributed by atoms with van der Waals surface area (Å²) in [6, 6.07) is 12.4. The first kappa shape index (κ1) is 16.3. The zero-order valence-electron chi connectivity index (χ0n) is 14.2. The van der Waals surface area contributed by atoms with E-state index in [0.717, 1.165) is 17.5 Å². The summed E-state index contributed by atoms with van der Waals surface area (Å²) in [5, 5.41) is 14.9. The van der Waals surface area contributed by atoms with E-state index in [4.69, 9.17) is 4.74 Å². The monoisotopic (exact) mass is 350 g/mol.